The summed E-state index contributed by atoms with van der Waals surface area (Å²) in [5.74, 6) is 2.84. The van der Waals surface area contributed by atoms with E-state index in [1.54, 1.807) is 0 Å². The number of nitrogens with one attached hydrogen (secondary N) is 1. The molecule has 1 saturated heterocycles. The van der Waals surface area contributed by atoms with Crippen molar-refractivity contribution in [2.75, 3.05) is 37.0 Å². The van der Waals surface area contributed by atoms with Crippen molar-refractivity contribution in [2.24, 2.45) is 0 Å². The Morgan fingerprint density at radius 3 is 2.62 bits per heavy atom. The molecule has 0 bridgehead atoms. The molecule has 1 aromatic rings. The second-order valence-corrected chi connectivity index (χ2v) is 6.69. The molecule has 1 unspecified atom stereocenters. The Bertz CT molecular complexity index is 496. The number of rotatable bonds is 3. The van der Waals surface area contributed by atoms with Crippen molar-refractivity contribution in [3.05, 3.63) is 11.4 Å². The first kappa shape index (κ1) is 16.0. The van der Waals surface area contributed by atoms with Crippen molar-refractivity contribution >= 4 is 11.6 Å². The molecule has 1 aliphatic rings. The fraction of sp³-hybridized carbons (Fsp3) is 0.750. The predicted molar refractivity (Wildman–Crippen MR) is 87.3 cm³/mol. The van der Waals surface area contributed by atoms with E-state index in [1.807, 2.05) is 7.05 Å². The van der Waals surface area contributed by atoms with Crippen LogP contribution in [0.2, 0.25) is 0 Å². The van der Waals surface area contributed by atoms with Crippen LogP contribution in [0.1, 0.15) is 45.5 Å². The van der Waals surface area contributed by atoms with Crippen LogP contribution in [-0.2, 0) is 10.2 Å². The van der Waals surface area contributed by atoms with Gasteiger partial charge >= 0.3 is 0 Å². The molecule has 0 amide bonds. The zero-order chi connectivity index (χ0) is 15.6. The normalized spacial score (nSPS) is 19.7. The maximum absolute atomic E-state index is 5.77. The van der Waals surface area contributed by atoms with E-state index in [-0.39, 0.29) is 5.41 Å². The molecule has 0 spiro atoms. The predicted octanol–water partition coefficient (Wildman–Crippen LogP) is 2.74. The summed E-state index contributed by atoms with van der Waals surface area (Å²) < 4.78 is 5.77. The molecule has 1 aliphatic heterocycles. The molecule has 0 aliphatic carbocycles. The fourth-order valence-corrected chi connectivity index (χ4v) is 2.55. The molecule has 0 aromatic carbocycles. The van der Waals surface area contributed by atoms with Crippen molar-refractivity contribution in [3.8, 4) is 0 Å². The third-order valence-corrected chi connectivity index (χ3v) is 3.92. The molecule has 2 heterocycles. The van der Waals surface area contributed by atoms with Crippen molar-refractivity contribution in [2.45, 2.75) is 52.6 Å². The van der Waals surface area contributed by atoms with Crippen molar-refractivity contribution in [1.29, 1.82) is 0 Å². The van der Waals surface area contributed by atoms with Crippen LogP contribution < -0.4 is 10.2 Å². The SMILES string of the molecule is CCC1CN(c2nc(C(C)(C)C)nc(NC)c2C)CCO1. The molecule has 2 rings (SSSR count). The Balaban J connectivity index is 2.41. The lowest BCUT2D eigenvalue weighted by molar-refractivity contribution is 0.0381. The topological polar surface area (TPSA) is 50.3 Å². The quantitative estimate of drug-likeness (QED) is 0.928. The van der Waals surface area contributed by atoms with Gasteiger partial charge in [-0.2, -0.15) is 0 Å². The lowest BCUT2D eigenvalue weighted by Crippen LogP contribution is -2.43. The summed E-state index contributed by atoms with van der Waals surface area (Å²) >= 11 is 0. The number of hydrogen-bond donors (Lipinski definition) is 1. The summed E-state index contributed by atoms with van der Waals surface area (Å²) in [5.41, 5.74) is 1.05. The summed E-state index contributed by atoms with van der Waals surface area (Å²) in [6, 6.07) is 0. The van der Waals surface area contributed by atoms with Crippen LogP contribution in [0.25, 0.3) is 0 Å². The van der Waals surface area contributed by atoms with Gasteiger partial charge in [0.2, 0.25) is 0 Å². The molecule has 1 atom stereocenters. The van der Waals surface area contributed by atoms with Crippen LogP contribution in [0, 0.1) is 6.92 Å². The minimum atomic E-state index is -0.0650. The molecule has 1 fully saturated rings. The van der Waals surface area contributed by atoms with E-state index in [0.29, 0.717) is 6.10 Å². The highest BCUT2D eigenvalue weighted by Crippen LogP contribution is 2.29. The summed E-state index contributed by atoms with van der Waals surface area (Å²) in [7, 11) is 1.92. The first-order valence-electron chi connectivity index (χ1n) is 7.80. The number of nitrogens with zero attached hydrogens (tertiary/aromatic N) is 3. The first-order chi connectivity index (χ1) is 9.86. The number of anilines is 2. The summed E-state index contributed by atoms with van der Waals surface area (Å²) in [4.78, 5) is 11.9. The minimum absolute atomic E-state index is 0.0650. The summed E-state index contributed by atoms with van der Waals surface area (Å²) in [6.45, 7) is 13.3. The molecule has 1 N–H and O–H groups in total. The number of morpholine rings is 1. The monoisotopic (exact) mass is 292 g/mol. The lowest BCUT2D eigenvalue weighted by Gasteiger charge is -2.35. The van der Waals surface area contributed by atoms with Crippen LogP contribution in [0.3, 0.4) is 0 Å². The third kappa shape index (κ3) is 3.46. The van der Waals surface area contributed by atoms with Crippen molar-refractivity contribution < 1.29 is 4.74 Å². The van der Waals surface area contributed by atoms with Crippen molar-refractivity contribution in [3.63, 3.8) is 0 Å². The number of aromatic nitrogens is 2. The van der Waals surface area contributed by atoms with E-state index in [9.17, 15) is 0 Å². The van der Waals surface area contributed by atoms with Gasteiger partial charge in [0.1, 0.15) is 17.5 Å². The number of ether oxygens (including phenoxy) is 1. The first-order valence-corrected chi connectivity index (χ1v) is 7.80. The summed E-state index contributed by atoms with van der Waals surface area (Å²) in [5, 5.41) is 3.20. The highest BCUT2D eigenvalue weighted by molar-refractivity contribution is 5.59. The molecular formula is C16H28N4O. The zero-order valence-electron chi connectivity index (χ0n) is 14.2. The third-order valence-electron chi connectivity index (χ3n) is 3.92. The average Bonchev–Trinajstić information content (AvgIpc) is 2.46. The molecule has 5 nitrogen and oxygen atoms in total. The van der Waals surface area contributed by atoms with Gasteiger partial charge in [0.15, 0.2) is 0 Å². The Kier molecular flexibility index (Phi) is 4.71. The van der Waals surface area contributed by atoms with Gasteiger partial charge in [-0.1, -0.05) is 27.7 Å². The standard InChI is InChI=1S/C16H28N4O/c1-7-12-10-20(8-9-21-12)14-11(2)13(17-6)18-15(19-14)16(3,4)5/h12H,7-10H2,1-6H3,(H,17,18,19). The maximum atomic E-state index is 5.77. The van der Waals surface area contributed by atoms with Gasteiger partial charge in [-0.25, -0.2) is 9.97 Å². The van der Waals surface area contributed by atoms with Crippen LogP contribution in [-0.4, -0.2) is 42.8 Å². The molecule has 1 aromatic heterocycles. The van der Waals surface area contributed by atoms with Gasteiger partial charge in [0.25, 0.3) is 0 Å². The van der Waals surface area contributed by atoms with Gasteiger partial charge < -0.3 is 15.0 Å². The minimum Gasteiger partial charge on any atom is -0.375 e. The molecular weight excluding hydrogens is 264 g/mol. The van der Waals surface area contributed by atoms with Gasteiger partial charge in [-0.15, -0.1) is 0 Å². The van der Waals surface area contributed by atoms with Crippen LogP contribution in [0.5, 0.6) is 0 Å². The fourth-order valence-electron chi connectivity index (χ4n) is 2.55. The molecule has 21 heavy (non-hydrogen) atoms. The Morgan fingerprint density at radius 2 is 2.05 bits per heavy atom. The maximum Gasteiger partial charge on any atom is 0.138 e. The zero-order valence-corrected chi connectivity index (χ0v) is 14.2. The van der Waals surface area contributed by atoms with E-state index in [4.69, 9.17) is 9.72 Å². The highest BCUT2D eigenvalue weighted by Gasteiger charge is 2.26. The van der Waals surface area contributed by atoms with Gasteiger partial charge in [0, 0.05) is 31.1 Å². The molecule has 0 radical (unpaired) electrons. The van der Waals surface area contributed by atoms with Crippen LogP contribution in [0.4, 0.5) is 11.6 Å². The second-order valence-electron chi connectivity index (χ2n) is 6.69. The smallest absolute Gasteiger partial charge is 0.138 e. The van der Waals surface area contributed by atoms with E-state index >= 15 is 0 Å². The Hall–Kier alpha value is -1.36. The molecule has 118 valence electrons. The Labute approximate surface area is 128 Å². The van der Waals surface area contributed by atoms with E-state index in [0.717, 1.165) is 49.1 Å². The largest absolute Gasteiger partial charge is 0.375 e. The van der Waals surface area contributed by atoms with Gasteiger partial charge in [0.05, 0.1) is 12.7 Å². The summed E-state index contributed by atoms with van der Waals surface area (Å²) in [6.07, 6.45) is 1.33. The van der Waals surface area contributed by atoms with Gasteiger partial charge in [-0.3, -0.25) is 0 Å². The van der Waals surface area contributed by atoms with Gasteiger partial charge in [-0.05, 0) is 13.3 Å². The second kappa shape index (κ2) is 6.18. The highest BCUT2D eigenvalue weighted by atomic mass is 16.5. The number of hydrogen-bond acceptors (Lipinski definition) is 5. The molecule has 0 saturated carbocycles. The average molecular weight is 292 g/mol. The van der Waals surface area contributed by atoms with Crippen LogP contribution >= 0.6 is 0 Å². The van der Waals surface area contributed by atoms with E-state index in [2.05, 4.69) is 49.8 Å². The molecule has 5 heteroatoms. The van der Waals surface area contributed by atoms with E-state index in [1.165, 1.54) is 0 Å². The lowest BCUT2D eigenvalue weighted by atomic mass is 9.95. The van der Waals surface area contributed by atoms with Crippen LogP contribution in [0.15, 0.2) is 0 Å². The Morgan fingerprint density at radius 1 is 1.33 bits per heavy atom. The van der Waals surface area contributed by atoms with E-state index < -0.39 is 0 Å². The van der Waals surface area contributed by atoms with Crippen molar-refractivity contribution in [1.82, 2.24) is 9.97 Å².